The molecule has 0 aliphatic carbocycles. The van der Waals surface area contributed by atoms with Gasteiger partial charge in [0.25, 0.3) is 0 Å². The Morgan fingerprint density at radius 2 is 1.71 bits per heavy atom. The van der Waals surface area contributed by atoms with Crippen LogP contribution in [0.2, 0.25) is 0 Å². The average molecular weight is 433 g/mol. The van der Waals surface area contributed by atoms with Crippen LogP contribution in [0.1, 0.15) is 18.1 Å². The van der Waals surface area contributed by atoms with E-state index < -0.39 is 0 Å². The molecule has 0 aliphatic rings. The van der Waals surface area contributed by atoms with Crippen LogP contribution in [0.5, 0.6) is 11.5 Å². The van der Waals surface area contributed by atoms with Gasteiger partial charge in [-0.25, -0.2) is 0 Å². The van der Waals surface area contributed by atoms with E-state index in [1.165, 1.54) is 6.08 Å². The first kappa shape index (κ1) is 22.1. The maximum Gasteiger partial charge on any atom is 0.250 e. The number of ether oxygens (including phenoxy) is 2. The Balaban J connectivity index is 1.48. The molecular weight excluding hydrogens is 408 g/mol. The third-order valence-electron chi connectivity index (χ3n) is 4.20. The highest BCUT2D eigenvalue weighted by atomic mass is 32.1. The van der Waals surface area contributed by atoms with Crippen molar-refractivity contribution >= 4 is 35.0 Å². The van der Waals surface area contributed by atoms with Gasteiger partial charge in [-0.05, 0) is 60.6 Å². The number of carbonyl (C=O) groups is 1. The van der Waals surface area contributed by atoms with Crippen molar-refractivity contribution in [2.45, 2.75) is 13.5 Å². The van der Waals surface area contributed by atoms with Crippen molar-refractivity contribution in [2.24, 2.45) is 0 Å². The molecule has 0 fully saturated rings. The Hall–Kier alpha value is -3.64. The molecule has 3 aromatic rings. The van der Waals surface area contributed by atoms with Gasteiger partial charge in [0.05, 0.1) is 6.61 Å². The number of anilines is 1. The second-order valence-corrected chi connectivity index (χ2v) is 6.99. The second kappa shape index (κ2) is 11.5. The van der Waals surface area contributed by atoms with Crippen LogP contribution in [0, 0.1) is 0 Å². The second-order valence-electron chi connectivity index (χ2n) is 6.58. The fraction of sp³-hybridized carbons (Fsp3) is 0.120. The van der Waals surface area contributed by atoms with Gasteiger partial charge in [-0.15, -0.1) is 0 Å². The summed E-state index contributed by atoms with van der Waals surface area (Å²) in [6.45, 7) is 3.02. The van der Waals surface area contributed by atoms with E-state index in [0.29, 0.717) is 19.0 Å². The topological polar surface area (TPSA) is 59.6 Å². The van der Waals surface area contributed by atoms with Crippen LogP contribution >= 0.6 is 12.2 Å². The van der Waals surface area contributed by atoms with Crippen molar-refractivity contribution in [3.63, 3.8) is 0 Å². The highest BCUT2D eigenvalue weighted by Gasteiger charge is 2.04. The average Bonchev–Trinajstić information content (AvgIpc) is 2.78. The molecule has 0 atom stereocenters. The van der Waals surface area contributed by atoms with E-state index >= 15 is 0 Å². The molecule has 0 saturated heterocycles. The Morgan fingerprint density at radius 1 is 0.935 bits per heavy atom. The Labute approximate surface area is 187 Å². The van der Waals surface area contributed by atoms with E-state index in [1.807, 2.05) is 85.8 Å². The van der Waals surface area contributed by atoms with Gasteiger partial charge in [0, 0.05) is 17.8 Å². The van der Waals surface area contributed by atoms with Gasteiger partial charge in [0.1, 0.15) is 18.1 Å². The monoisotopic (exact) mass is 432 g/mol. The summed E-state index contributed by atoms with van der Waals surface area (Å²) in [7, 11) is 0. The van der Waals surface area contributed by atoms with Gasteiger partial charge in [0.15, 0.2) is 5.11 Å². The van der Waals surface area contributed by atoms with Crippen LogP contribution < -0.4 is 20.1 Å². The number of rotatable bonds is 8. The summed E-state index contributed by atoms with van der Waals surface area (Å²) in [5.41, 5.74) is 2.70. The Kier molecular flexibility index (Phi) is 8.20. The number of hydrogen-bond donors (Lipinski definition) is 2. The summed E-state index contributed by atoms with van der Waals surface area (Å²) in [6, 6.07) is 24.8. The fourth-order valence-corrected chi connectivity index (χ4v) is 2.95. The van der Waals surface area contributed by atoms with Crippen LogP contribution in [0.4, 0.5) is 5.69 Å². The van der Waals surface area contributed by atoms with Crippen LogP contribution in [-0.2, 0) is 11.4 Å². The summed E-state index contributed by atoms with van der Waals surface area (Å²) in [6.07, 6.45) is 3.15. The van der Waals surface area contributed by atoms with E-state index in [-0.39, 0.29) is 11.0 Å². The molecule has 0 bridgehead atoms. The molecule has 1 amide bonds. The predicted molar refractivity (Wildman–Crippen MR) is 128 cm³/mol. The standard InChI is InChI=1S/C25H24N2O3S/c1-2-29-22-14-11-19(12-15-22)13-16-24(28)27-25(31)26-21-9-6-10-23(17-21)30-18-20-7-4-3-5-8-20/h3-17H,2,18H2,1H3,(H2,26,27,28,31)/b16-13+. The van der Waals surface area contributed by atoms with E-state index in [2.05, 4.69) is 10.6 Å². The molecule has 0 aromatic heterocycles. The number of thiocarbonyl (C=S) groups is 1. The van der Waals surface area contributed by atoms with Crippen LogP contribution in [0.15, 0.2) is 84.9 Å². The lowest BCUT2D eigenvalue weighted by atomic mass is 10.2. The predicted octanol–water partition coefficient (Wildman–Crippen LogP) is 5.19. The molecule has 0 radical (unpaired) electrons. The van der Waals surface area contributed by atoms with Gasteiger partial charge < -0.3 is 14.8 Å². The van der Waals surface area contributed by atoms with Crippen LogP contribution in [0.25, 0.3) is 6.08 Å². The van der Waals surface area contributed by atoms with Crippen LogP contribution in [-0.4, -0.2) is 17.6 Å². The smallest absolute Gasteiger partial charge is 0.250 e. The van der Waals surface area contributed by atoms with Gasteiger partial charge in [-0.2, -0.15) is 0 Å². The van der Waals surface area contributed by atoms with Crippen molar-refractivity contribution in [3.8, 4) is 11.5 Å². The number of nitrogens with one attached hydrogen (secondary N) is 2. The molecule has 0 heterocycles. The lowest BCUT2D eigenvalue weighted by molar-refractivity contribution is -0.115. The molecule has 31 heavy (non-hydrogen) atoms. The first-order valence-electron chi connectivity index (χ1n) is 9.92. The van der Waals surface area contributed by atoms with Crippen molar-refractivity contribution in [1.82, 2.24) is 5.32 Å². The third-order valence-corrected chi connectivity index (χ3v) is 4.40. The van der Waals surface area contributed by atoms with Gasteiger partial charge in [-0.3, -0.25) is 10.1 Å². The molecule has 0 unspecified atom stereocenters. The number of hydrogen-bond acceptors (Lipinski definition) is 4. The fourth-order valence-electron chi connectivity index (χ4n) is 2.73. The molecule has 6 heteroatoms. The molecule has 158 valence electrons. The van der Waals surface area contributed by atoms with E-state index in [4.69, 9.17) is 21.7 Å². The number of amides is 1. The largest absolute Gasteiger partial charge is 0.494 e. The minimum Gasteiger partial charge on any atom is -0.494 e. The summed E-state index contributed by atoms with van der Waals surface area (Å²) in [5, 5.41) is 5.85. The zero-order chi connectivity index (χ0) is 21.9. The maximum atomic E-state index is 12.1. The van der Waals surface area contributed by atoms with Crippen molar-refractivity contribution in [3.05, 3.63) is 96.1 Å². The maximum absolute atomic E-state index is 12.1. The van der Waals surface area contributed by atoms with Crippen molar-refractivity contribution in [2.75, 3.05) is 11.9 Å². The van der Waals surface area contributed by atoms with E-state index in [9.17, 15) is 4.79 Å². The molecular formula is C25H24N2O3S. The molecule has 0 aliphatic heterocycles. The quantitative estimate of drug-likeness (QED) is 0.379. The van der Waals surface area contributed by atoms with Gasteiger partial charge in [0.2, 0.25) is 5.91 Å². The Bertz CT molecular complexity index is 1030. The highest BCUT2D eigenvalue weighted by molar-refractivity contribution is 7.80. The minimum atomic E-state index is -0.317. The molecule has 2 N–H and O–H groups in total. The molecule has 5 nitrogen and oxygen atoms in total. The normalized spacial score (nSPS) is 10.5. The first-order chi connectivity index (χ1) is 15.1. The first-order valence-corrected chi connectivity index (χ1v) is 10.3. The zero-order valence-electron chi connectivity index (χ0n) is 17.2. The van der Waals surface area contributed by atoms with Crippen LogP contribution in [0.3, 0.4) is 0 Å². The van der Waals surface area contributed by atoms with Crippen molar-refractivity contribution < 1.29 is 14.3 Å². The minimum absolute atomic E-state index is 0.210. The lowest BCUT2D eigenvalue weighted by Gasteiger charge is -2.11. The summed E-state index contributed by atoms with van der Waals surface area (Å²) >= 11 is 5.24. The molecule has 3 rings (SSSR count). The summed E-state index contributed by atoms with van der Waals surface area (Å²) < 4.78 is 11.2. The molecule has 0 saturated carbocycles. The SMILES string of the molecule is CCOc1ccc(/C=C/C(=O)NC(=S)Nc2cccc(OCc3ccccc3)c2)cc1. The van der Waals surface area contributed by atoms with E-state index in [0.717, 1.165) is 22.6 Å². The van der Waals surface area contributed by atoms with Gasteiger partial charge in [-0.1, -0.05) is 48.5 Å². The molecule has 0 spiro atoms. The summed E-state index contributed by atoms with van der Waals surface area (Å²) in [4.78, 5) is 12.1. The van der Waals surface area contributed by atoms with Gasteiger partial charge >= 0.3 is 0 Å². The Morgan fingerprint density at radius 3 is 2.45 bits per heavy atom. The lowest BCUT2D eigenvalue weighted by Crippen LogP contribution is -2.32. The molecule has 3 aromatic carbocycles. The highest BCUT2D eigenvalue weighted by Crippen LogP contribution is 2.18. The van der Waals surface area contributed by atoms with Crippen molar-refractivity contribution in [1.29, 1.82) is 0 Å². The van der Waals surface area contributed by atoms with E-state index in [1.54, 1.807) is 6.08 Å². The number of carbonyl (C=O) groups excluding carboxylic acids is 1. The number of benzene rings is 3. The zero-order valence-corrected chi connectivity index (χ0v) is 18.0. The summed E-state index contributed by atoms with van der Waals surface area (Å²) in [5.74, 6) is 1.19. The third kappa shape index (κ3) is 7.60.